The molecule has 2 rings (SSSR count). The number of aliphatic imine (C=N–C) groups is 1. The number of rotatable bonds is 6. The summed E-state index contributed by atoms with van der Waals surface area (Å²) in [5, 5.41) is 18.7. The van der Waals surface area contributed by atoms with Crippen LogP contribution in [0.15, 0.2) is 46.8 Å². The molecule has 23 heavy (non-hydrogen) atoms. The van der Waals surface area contributed by atoms with Crippen molar-refractivity contribution >= 4 is 17.3 Å². The van der Waals surface area contributed by atoms with E-state index in [9.17, 15) is 9.50 Å². The normalized spacial score (nSPS) is 14.3. The van der Waals surface area contributed by atoms with E-state index >= 15 is 0 Å². The number of nitrogens with zero attached hydrogens (tertiary/aromatic N) is 1. The smallest absolute Gasteiger partial charge is 0.191 e. The van der Waals surface area contributed by atoms with Gasteiger partial charge in [-0.15, -0.1) is 11.3 Å². The number of hydrogen-bond donors (Lipinski definition) is 3. The van der Waals surface area contributed by atoms with Crippen LogP contribution in [0.3, 0.4) is 0 Å². The molecule has 2 unspecified atom stereocenters. The van der Waals surface area contributed by atoms with Gasteiger partial charge in [0.25, 0.3) is 0 Å². The maximum absolute atomic E-state index is 12.9. The Morgan fingerprint density at radius 1 is 1.30 bits per heavy atom. The maximum atomic E-state index is 12.9. The molecular weight excluding hydrogens is 313 g/mol. The summed E-state index contributed by atoms with van der Waals surface area (Å²) >= 11 is 1.68. The minimum atomic E-state index is -0.761. The number of benzene rings is 1. The van der Waals surface area contributed by atoms with E-state index in [1.807, 2.05) is 18.4 Å². The standard InChI is InChI=1S/C17H22FN3OS/c1-3-19-17(21-12(2)16-5-4-10-23-16)20-11-15(22)13-6-8-14(18)9-7-13/h4-10,12,15,22H,3,11H2,1-2H3,(H2,19,20,21). The van der Waals surface area contributed by atoms with Crippen LogP contribution in [-0.2, 0) is 0 Å². The lowest BCUT2D eigenvalue weighted by atomic mass is 10.1. The highest BCUT2D eigenvalue weighted by Crippen LogP contribution is 2.18. The first-order valence-corrected chi connectivity index (χ1v) is 8.50. The van der Waals surface area contributed by atoms with Crippen molar-refractivity contribution in [3.63, 3.8) is 0 Å². The average molecular weight is 335 g/mol. The van der Waals surface area contributed by atoms with E-state index in [0.717, 1.165) is 6.54 Å². The van der Waals surface area contributed by atoms with Gasteiger partial charge in [-0.3, -0.25) is 4.99 Å². The van der Waals surface area contributed by atoms with Crippen LogP contribution in [0, 0.1) is 5.82 Å². The van der Waals surface area contributed by atoms with Crippen LogP contribution in [0.2, 0.25) is 0 Å². The number of aliphatic hydroxyl groups excluding tert-OH is 1. The molecule has 124 valence electrons. The van der Waals surface area contributed by atoms with E-state index in [0.29, 0.717) is 11.5 Å². The Bertz CT molecular complexity index is 613. The first kappa shape index (κ1) is 17.4. The molecule has 0 bridgehead atoms. The van der Waals surface area contributed by atoms with Gasteiger partial charge in [0.1, 0.15) is 5.82 Å². The van der Waals surface area contributed by atoms with Crippen LogP contribution >= 0.6 is 11.3 Å². The molecule has 0 saturated heterocycles. The summed E-state index contributed by atoms with van der Waals surface area (Å²) in [6.07, 6.45) is -0.761. The monoisotopic (exact) mass is 335 g/mol. The fourth-order valence-corrected chi connectivity index (χ4v) is 2.84. The van der Waals surface area contributed by atoms with Crippen molar-refractivity contribution in [2.45, 2.75) is 26.0 Å². The van der Waals surface area contributed by atoms with Crippen LogP contribution in [0.4, 0.5) is 4.39 Å². The number of halogens is 1. The van der Waals surface area contributed by atoms with Gasteiger partial charge in [0.15, 0.2) is 5.96 Å². The van der Waals surface area contributed by atoms with Crippen molar-refractivity contribution in [1.82, 2.24) is 10.6 Å². The van der Waals surface area contributed by atoms with Gasteiger partial charge >= 0.3 is 0 Å². The third-order valence-electron chi connectivity index (χ3n) is 3.34. The SMILES string of the molecule is CCNC(=NCC(O)c1ccc(F)cc1)NC(C)c1cccs1. The minimum absolute atomic E-state index is 0.135. The van der Waals surface area contributed by atoms with Gasteiger partial charge < -0.3 is 15.7 Å². The Morgan fingerprint density at radius 3 is 2.65 bits per heavy atom. The van der Waals surface area contributed by atoms with Gasteiger partial charge in [-0.1, -0.05) is 18.2 Å². The third-order valence-corrected chi connectivity index (χ3v) is 4.40. The maximum Gasteiger partial charge on any atom is 0.191 e. The predicted molar refractivity (Wildman–Crippen MR) is 93.2 cm³/mol. The molecule has 0 radical (unpaired) electrons. The van der Waals surface area contributed by atoms with E-state index < -0.39 is 6.10 Å². The molecule has 0 fully saturated rings. The largest absolute Gasteiger partial charge is 0.386 e. The predicted octanol–water partition coefficient (Wildman–Crippen LogP) is 3.24. The fraction of sp³-hybridized carbons (Fsp3) is 0.353. The number of nitrogens with one attached hydrogen (secondary N) is 2. The van der Waals surface area contributed by atoms with E-state index in [1.54, 1.807) is 23.5 Å². The molecule has 0 aliphatic rings. The Labute approximate surface area is 140 Å². The van der Waals surface area contributed by atoms with Crippen LogP contribution in [0.25, 0.3) is 0 Å². The molecule has 1 heterocycles. The molecule has 2 aromatic rings. The van der Waals surface area contributed by atoms with Gasteiger partial charge in [0.2, 0.25) is 0 Å². The summed E-state index contributed by atoms with van der Waals surface area (Å²) in [5.41, 5.74) is 0.650. The second-order valence-electron chi connectivity index (χ2n) is 5.17. The molecule has 1 aromatic heterocycles. The van der Waals surface area contributed by atoms with Crippen LogP contribution < -0.4 is 10.6 Å². The Hall–Kier alpha value is -1.92. The highest BCUT2D eigenvalue weighted by atomic mass is 32.1. The number of guanidine groups is 1. The molecular formula is C17H22FN3OS. The van der Waals surface area contributed by atoms with Gasteiger partial charge in [-0.2, -0.15) is 0 Å². The Balaban J connectivity index is 1.98. The molecule has 6 heteroatoms. The first-order valence-electron chi connectivity index (χ1n) is 7.62. The second kappa shape index (κ2) is 8.64. The molecule has 4 nitrogen and oxygen atoms in total. The lowest BCUT2D eigenvalue weighted by Gasteiger charge is -2.17. The summed E-state index contributed by atoms with van der Waals surface area (Å²) in [6, 6.07) is 10.0. The van der Waals surface area contributed by atoms with Crippen molar-refractivity contribution in [3.05, 3.63) is 58.0 Å². The zero-order valence-corrected chi connectivity index (χ0v) is 14.1. The zero-order valence-electron chi connectivity index (χ0n) is 13.3. The third kappa shape index (κ3) is 5.33. The Morgan fingerprint density at radius 2 is 2.04 bits per heavy atom. The molecule has 0 aliphatic carbocycles. The molecule has 0 amide bonds. The van der Waals surface area contributed by atoms with E-state index in [4.69, 9.17) is 0 Å². The van der Waals surface area contributed by atoms with Crippen LogP contribution in [0.1, 0.15) is 36.4 Å². The van der Waals surface area contributed by atoms with Crippen LogP contribution in [0.5, 0.6) is 0 Å². The van der Waals surface area contributed by atoms with Crippen molar-refractivity contribution < 1.29 is 9.50 Å². The highest BCUT2D eigenvalue weighted by molar-refractivity contribution is 7.10. The van der Waals surface area contributed by atoms with Crippen molar-refractivity contribution in [3.8, 4) is 0 Å². The molecule has 1 aromatic carbocycles. The quantitative estimate of drug-likeness (QED) is 0.561. The van der Waals surface area contributed by atoms with E-state index in [-0.39, 0.29) is 18.4 Å². The van der Waals surface area contributed by atoms with Gasteiger partial charge in [-0.05, 0) is 43.0 Å². The lowest BCUT2D eigenvalue weighted by molar-refractivity contribution is 0.187. The fourth-order valence-electron chi connectivity index (χ4n) is 2.10. The summed E-state index contributed by atoms with van der Waals surface area (Å²) in [5.74, 6) is 0.332. The molecule has 2 atom stereocenters. The van der Waals surface area contributed by atoms with E-state index in [2.05, 4.69) is 28.6 Å². The molecule has 0 aliphatic heterocycles. The van der Waals surface area contributed by atoms with Gasteiger partial charge in [-0.25, -0.2) is 4.39 Å². The van der Waals surface area contributed by atoms with Gasteiger partial charge in [0, 0.05) is 11.4 Å². The van der Waals surface area contributed by atoms with Crippen molar-refractivity contribution in [2.75, 3.05) is 13.1 Å². The van der Waals surface area contributed by atoms with Gasteiger partial charge in [0.05, 0.1) is 18.7 Å². The summed E-state index contributed by atoms with van der Waals surface area (Å²) in [6.45, 7) is 4.99. The summed E-state index contributed by atoms with van der Waals surface area (Å²) < 4.78 is 12.9. The number of aliphatic hydroxyl groups is 1. The van der Waals surface area contributed by atoms with Crippen molar-refractivity contribution in [2.24, 2.45) is 4.99 Å². The highest BCUT2D eigenvalue weighted by Gasteiger charge is 2.10. The topological polar surface area (TPSA) is 56.7 Å². The van der Waals surface area contributed by atoms with Crippen molar-refractivity contribution in [1.29, 1.82) is 0 Å². The number of thiophene rings is 1. The first-order chi connectivity index (χ1) is 11.1. The molecule has 3 N–H and O–H groups in total. The summed E-state index contributed by atoms with van der Waals surface area (Å²) in [7, 11) is 0. The second-order valence-corrected chi connectivity index (χ2v) is 6.15. The molecule has 0 saturated carbocycles. The molecule has 0 spiro atoms. The lowest BCUT2D eigenvalue weighted by Crippen LogP contribution is -2.38. The Kier molecular flexibility index (Phi) is 6.55. The minimum Gasteiger partial charge on any atom is -0.386 e. The number of hydrogen-bond acceptors (Lipinski definition) is 3. The average Bonchev–Trinajstić information content (AvgIpc) is 3.07. The zero-order chi connectivity index (χ0) is 16.7. The van der Waals surface area contributed by atoms with Crippen LogP contribution in [-0.4, -0.2) is 24.2 Å². The summed E-state index contributed by atoms with van der Waals surface area (Å²) in [4.78, 5) is 5.63. The van der Waals surface area contributed by atoms with E-state index in [1.165, 1.54) is 17.0 Å².